The van der Waals surface area contributed by atoms with Gasteiger partial charge in [-0.25, -0.2) is 4.79 Å². The maximum absolute atomic E-state index is 11.3. The summed E-state index contributed by atoms with van der Waals surface area (Å²) in [5.74, 6) is 0.504. The quantitative estimate of drug-likeness (QED) is 0.729. The molecule has 0 bridgehead atoms. The van der Waals surface area contributed by atoms with E-state index in [-0.39, 0.29) is 17.8 Å². The number of hydrogen-bond donors (Lipinski definition) is 1. The Morgan fingerprint density at radius 1 is 1.53 bits per heavy atom. The molecule has 0 saturated carbocycles. The second-order valence-electron chi connectivity index (χ2n) is 4.63. The van der Waals surface area contributed by atoms with E-state index in [1.54, 1.807) is 6.92 Å². The van der Waals surface area contributed by atoms with Gasteiger partial charge < -0.3 is 9.84 Å². The second kappa shape index (κ2) is 5.19. The summed E-state index contributed by atoms with van der Waals surface area (Å²) in [6, 6.07) is 0. The largest absolute Gasteiger partial charge is 0.512 e. The molecule has 0 fully saturated rings. The van der Waals surface area contributed by atoms with E-state index in [4.69, 9.17) is 4.74 Å². The highest BCUT2D eigenvalue weighted by Gasteiger charge is 2.25. The van der Waals surface area contributed by atoms with Gasteiger partial charge >= 0.3 is 5.97 Å². The summed E-state index contributed by atoms with van der Waals surface area (Å²) in [4.78, 5) is 11.3. The van der Waals surface area contributed by atoms with Crippen LogP contribution in [0.15, 0.2) is 11.3 Å². The number of rotatable bonds is 4. The van der Waals surface area contributed by atoms with Crippen LogP contribution in [-0.2, 0) is 9.53 Å². The Balaban J connectivity index is 2.38. The molecule has 0 radical (unpaired) electrons. The van der Waals surface area contributed by atoms with Crippen molar-refractivity contribution in [3.05, 3.63) is 11.3 Å². The van der Waals surface area contributed by atoms with Gasteiger partial charge in [0, 0.05) is 6.42 Å². The molecule has 0 aromatic carbocycles. The van der Waals surface area contributed by atoms with Crippen molar-refractivity contribution in [1.29, 1.82) is 0 Å². The molecule has 86 valence electrons. The minimum absolute atomic E-state index is 0.125. The first-order chi connectivity index (χ1) is 7.00. The number of ether oxygens (including phenoxy) is 1. The number of esters is 1. The van der Waals surface area contributed by atoms with Gasteiger partial charge in [-0.15, -0.1) is 0 Å². The van der Waals surface area contributed by atoms with Gasteiger partial charge in [0.1, 0.15) is 11.9 Å². The van der Waals surface area contributed by atoms with Gasteiger partial charge in [0.15, 0.2) is 0 Å². The van der Waals surface area contributed by atoms with Crippen LogP contribution >= 0.6 is 0 Å². The maximum atomic E-state index is 11.3. The van der Waals surface area contributed by atoms with Crippen molar-refractivity contribution >= 4 is 5.97 Å². The average molecular weight is 212 g/mol. The van der Waals surface area contributed by atoms with Crippen molar-refractivity contribution in [2.45, 2.75) is 52.6 Å². The molecule has 0 aliphatic carbocycles. The SMILES string of the molecule is CC1=C(O)C[C@@H](CCCC(C)C)OC1=O. The lowest BCUT2D eigenvalue weighted by molar-refractivity contribution is -0.147. The first-order valence-electron chi connectivity index (χ1n) is 5.60. The molecule has 0 unspecified atom stereocenters. The third-order valence-electron chi connectivity index (χ3n) is 2.74. The summed E-state index contributed by atoms with van der Waals surface area (Å²) in [6.45, 7) is 5.95. The van der Waals surface area contributed by atoms with Crippen molar-refractivity contribution in [2.24, 2.45) is 5.92 Å². The number of cyclic esters (lactones) is 1. The summed E-state index contributed by atoms with van der Waals surface area (Å²) in [5, 5.41) is 9.51. The topological polar surface area (TPSA) is 46.5 Å². The number of carbonyl (C=O) groups excluding carboxylic acids is 1. The van der Waals surface area contributed by atoms with E-state index in [1.165, 1.54) is 0 Å². The number of carbonyl (C=O) groups is 1. The molecule has 1 atom stereocenters. The van der Waals surface area contributed by atoms with Gasteiger partial charge in [0.25, 0.3) is 0 Å². The lowest BCUT2D eigenvalue weighted by atomic mass is 10.00. The molecule has 0 spiro atoms. The van der Waals surface area contributed by atoms with Crippen LogP contribution in [-0.4, -0.2) is 17.2 Å². The molecule has 1 aliphatic rings. The zero-order chi connectivity index (χ0) is 11.4. The van der Waals surface area contributed by atoms with E-state index < -0.39 is 0 Å². The highest BCUT2D eigenvalue weighted by Crippen LogP contribution is 2.23. The third-order valence-corrected chi connectivity index (χ3v) is 2.74. The summed E-state index contributed by atoms with van der Waals surface area (Å²) in [5.41, 5.74) is 0.357. The van der Waals surface area contributed by atoms with Crippen LogP contribution in [0, 0.1) is 5.92 Å². The van der Waals surface area contributed by atoms with Gasteiger partial charge in [0.05, 0.1) is 5.57 Å². The molecular weight excluding hydrogens is 192 g/mol. The van der Waals surface area contributed by atoms with Crippen LogP contribution < -0.4 is 0 Å². The molecule has 15 heavy (non-hydrogen) atoms. The Bertz CT molecular complexity index is 266. The summed E-state index contributed by atoms with van der Waals surface area (Å²) in [7, 11) is 0. The van der Waals surface area contributed by atoms with Crippen LogP contribution in [0.2, 0.25) is 0 Å². The minimum atomic E-state index is -0.367. The molecular formula is C12H20O3. The van der Waals surface area contributed by atoms with Crippen LogP contribution in [0.4, 0.5) is 0 Å². The molecule has 3 nitrogen and oxygen atoms in total. The summed E-state index contributed by atoms with van der Waals surface area (Å²) >= 11 is 0. The zero-order valence-electron chi connectivity index (χ0n) is 9.75. The van der Waals surface area contributed by atoms with Crippen LogP contribution in [0.3, 0.4) is 0 Å². The van der Waals surface area contributed by atoms with Gasteiger partial charge in [-0.1, -0.05) is 20.3 Å². The van der Waals surface area contributed by atoms with Gasteiger partial charge in [0.2, 0.25) is 0 Å². The van der Waals surface area contributed by atoms with E-state index in [1.807, 2.05) is 0 Å². The normalized spacial score (nSPS) is 22.1. The molecule has 1 heterocycles. The van der Waals surface area contributed by atoms with Crippen LogP contribution in [0.5, 0.6) is 0 Å². The van der Waals surface area contributed by atoms with E-state index in [9.17, 15) is 9.90 Å². The Morgan fingerprint density at radius 3 is 2.73 bits per heavy atom. The minimum Gasteiger partial charge on any atom is -0.512 e. The molecule has 1 N–H and O–H groups in total. The number of hydrogen-bond acceptors (Lipinski definition) is 3. The molecule has 1 aliphatic heterocycles. The second-order valence-corrected chi connectivity index (χ2v) is 4.63. The number of aliphatic hydroxyl groups is 1. The van der Waals surface area contributed by atoms with E-state index in [2.05, 4.69) is 13.8 Å². The number of aliphatic hydroxyl groups excluding tert-OH is 1. The van der Waals surface area contributed by atoms with Gasteiger partial charge in [-0.2, -0.15) is 0 Å². The van der Waals surface area contributed by atoms with Crippen molar-refractivity contribution in [2.75, 3.05) is 0 Å². The molecule has 0 amide bonds. The van der Waals surface area contributed by atoms with Crippen LogP contribution in [0.1, 0.15) is 46.5 Å². The Hall–Kier alpha value is -0.990. The summed E-state index contributed by atoms with van der Waals surface area (Å²) in [6.07, 6.45) is 3.39. The lowest BCUT2D eigenvalue weighted by Crippen LogP contribution is -2.25. The highest BCUT2D eigenvalue weighted by atomic mass is 16.5. The molecule has 3 heteroatoms. The Labute approximate surface area is 91.1 Å². The zero-order valence-corrected chi connectivity index (χ0v) is 9.75. The predicted octanol–water partition coefficient (Wildman–Crippen LogP) is 2.96. The van der Waals surface area contributed by atoms with E-state index in [0.717, 1.165) is 19.3 Å². The standard InChI is InChI=1S/C12H20O3/c1-8(2)5-4-6-10-7-11(13)9(3)12(14)15-10/h8,10,13H,4-7H2,1-3H3/t10-/m1/s1. The smallest absolute Gasteiger partial charge is 0.337 e. The molecule has 0 aromatic rings. The fourth-order valence-corrected chi connectivity index (χ4v) is 1.68. The highest BCUT2D eigenvalue weighted by molar-refractivity contribution is 5.89. The van der Waals surface area contributed by atoms with Crippen LogP contribution in [0.25, 0.3) is 0 Å². The molecule has 1 rings (SSSR count). The Morgan fingerprint density at radius 2 is 2.20 bits per heavy atom. The first kappa shape index (κ1) is 12.1. The maximum Gasteiger partial charge on any atom is 0.337 e. The van der Waals surface area contributed by atoms with E-state index in [0.29, 0.717) is 17.9 Å². The Kier molecular flexibility index (Phi) is 4.18. The van der Waals surface area contributed by atoms with Crippen molar-refractivity contribution in [3.63, 3.8) is 0 Å². The lowest BCUT2D eigenvalue weighted by Gasteiger charge is -2.23. The fourth-order valence-electron chi connectivity index (χ4n) is 1.68. The summed E-state index contributed by atoms with van der Waals surface area (Å²) < 4.78 is 5.19. The fraction of sp³-hybridized carbons (Fsp3) is 0.750. The molecule has 0 saturated heterocycles. The third kappa shape index (κ3) is 3.57. The first-order valence-corrected chi connectivity index (χ1v) is 5.60. The van der Waals surface area contributed by atoms with Crippen molar-refractivity contribution in [3.8, 4) is 0 Å². The van der Waals surface area contributed by atoms with Crippen molar-refractivity contribution < 1.29 is 14.6 Å². The monoisotopic (exact) mass is 212 g/mol. The molecule has 0 aromatic heterocycles. The van der Waals surface area contributed by atoms with Gasteiger partial charge in [-0.3, -0.25) is 0 Å². The average Bonchev–Trinajstić information content (AvgIpc) is 2.13. The van der Waals surface area contributed by atoms with E-state index >= 15 is 0 Å². The predicted molar refractivity (Wildman–Crippen MR) is 58.5 cm³/mol. The van der Waals surface area contributed by atoms with Gasteiger partial charge in [-0.05, 0) is 25.7 Å². The van der Waals surface area contributed by atoms with Crippen molar-refractivity contribution in [1.82, 2.24) is 0 Å².